The van der Waals surface area contributed by atoms with Crippen LogP contribution in [0.2, 0.25) is 5.02 Å². The molecule has 3 rings (SSSR count). The first-order valence-electron chi connectivity index (χ1n) is 6.21. The molecule has 0 saturated heterocycles. The summed E-state index contributed by atoms with van der Waals surface area (Å²) >= 11 is 6.10. The first-order chi connectivity index (χ1) is 9.24. The molecule has 0 fully saturated rings. The van der Waals surface area contributed by atoms with Crippen molar-refractivity contribution in [2.45, 2.75) is 12.5 Å². The zero-order chi connectivity index (χ0) is 13.2. The second-order valence-electron chi connectivity index (χ2n) is 4.60. The third kappa shape index (κ3) is 2.50. The maximum atomic E-state index is 6.20. The van der Waals surface area contributed by atoms with Gasteiger partial charge in [-0.25, -0.2) is 0 Å². The van der Waals surface area contributed by atoms with Gasteiger partial charge in [-0.2, -0.15) is 0 Å². The monoisotopic (exact) mass is 271 g/mol. The zero-order valence-electron chi connectivity index (χ0n) is 10.3. The molecule has 0 amide bonds. The fourth-order valence-corrected chi connectivity index (χ4v) is 2.42. The quantitative estimate of drug-likeness (QED) is 0.770. The van der Waals surface area contributed by atoms with E-state index >= 15 is 0 Å². The summed E-state index contributed by atoms with van der Waals surface area (Å²) in [6.45, 7) is 0. The molecule has 3 aromatic rings. The van der Waals surface area contributed by atoms with E-state index in [1.54, 1.807) is 0 Å². The molecular formula is C16H14ClNO. The molecule has 1 aromatic heterocycles. The van der Waals surface area contributed by atoms with Gasteiger partial charge in [-0.3, -0.25) is 0 Å². The Bertz CT molecular complexity index is 690. The summed E-state index contributed by atoms with van der Waals surface area (Å²) < 4.78 is 5.78. The van der Waals surface area contributed by atoms with Crippen molar-refractivity contribution in [3.05, 3.63) is 70.9 Å². The Balaban J connectivity index is 1.89. The van der Waals surface area contributed by atoms with Crippen molar-refractivity contribution in [1.29, 1.82) is 0 Å². The molecular weight excluding hydrogens is 258 g/mol. The van der Waals surface area contributed by atoms with Gasteiger partial charge in [-0.05, 0) is 24.1 Å². The molecule has 2 nitrogen and oxygen atoms in total. The fraction of sp³-hybridized carbons (Fsp3) is 0.125. The number of para-hydroxylation sites is 1. The van der Waals surface area contributed by atoms with Crippen LogP contribution in [0, 0.1) is 0 Å². The van der Waals surface area contributed by atoms with Crippen molar-refractivity contribution in [2.24, 2.45) is 5.73 Å². The number of hydrogen-bond donors (Lipinski definition) is 1. The summed E-state index contributed by atoms with van der Waals surface area (Å²) in [6, 6.07) is 17.7. The molecule has 0 bridgehead atoms. The molecule has 2 N–H and O–H groups in total. The van der Waals surface area contributed by atoms with Crippen LogP contribution in [0.5, 0.6) is 0 Å². The highest BCUT2D eigenvalue weighted by atomic mass is 35.5. The highest BCUT2D eigenvalue weighted by molar-refractivity contribution is 6.34. The average molecular weight is 272 g/mol. The van der Waals surface area contributed by atoms with E-state index in [9.17, 15) is 0 Å². The minimum absolute atomic E-state index is 0.161. The van der Waals surface area contributed by atoms with Gasteiger partial charge in [0, 0.05) is 5.39 Å². The SMILES string of the molecule is NC(Cc1ccccc1)c1cc2cccc(Cl)c2o1. The van der Waals surface area contributed by atoms with E-state index in [1.165, 1.54) is 5.56 Å². The lowest BCUT2D eigenvalue weighted by atomic mass is 10.0. The molecule has 0 aliphatic rings. The molecule has 2 aromatic carbocycles. The second kappa shape index (κ2) is 5.08. The standard InChI is InChI=1S/C16H14ClNO/c17-13-8-4-7-12-10-15(19-16(12)13)14(18)9-11-5-2-1-3-6-11/h1-8,10,14H,9,18H2. The predicted octanol–water partition coefficient (Wildman–Crippen LogP) is 4.33. The van der Waals surface area contributed by atoms with E-state index in [-0.39, 0.29) is 6.04 Å². The third-order valence-corrected chi connectivity index (χ3v) is 3.48. The van der Waals surface area contributed by atoms with Crippen molar-refractivity contribution in [1.82, 2.24) is 0 Å². The van der Waals surface area contributed by atoms with Gasteiger partial charge in [0.15, 0.2) is 5.58 Å². The first kappa shape index (κ1) is 12.3. The van der Waals surface area contributed by atoms with Crippen LogP contribution < -0.4 is 5.73 Å². The van der Waals surface area contributed by atoms with Crippen LogP contribution in [0.25, 0.3) is 11.0 Å². The van der Waals surface area contributed by atoms with Gasteiger partial charge in [0.1, 0.15) is 5.76 Å². The molecule has 1 unspecified atom stereocenters. The van der Waals surface area contributed by atoms with Gasteiger partial charge in [-0.1, -0.05) is 54.1 Å². The Kier molecular flexibility index (Phi) is 3.28. The minimum atomic E-state index is -0.161. The van der Waals surface area contributed by atoms with Gasteiger partial charge in [-0.15, -0.1) is 0 Å². The normalized spacial score (nSPS) is 12.7. The first-order valence-corrected chi connectivity index (χ1v) is 6.59. The highest BCUT2D eigenvalue weighted by Gasteiger charge is 2.14. The van der Waals surface area contributed by atoms with Gasteiger partial charge < -0.3 is 10.2 Å². The zero-order valence-corrected chi connectivity index (χ0v) is 11.1. The smallest absolute Gasteiger partial charge is 0.152 e. The van der Waals surface area contributed by atoms with Gasteiger partial charge in [0.2, 0.25) is 0 Å². The van der Waals surface area contributed by atoms with Gasteiger partial charge in [0.25, 0.3) is 0 Å². The maximum absolute atomic E-state index is 6.20. The summed E-state index contributed by atoms with van der Waals surface area (Å²) in [4.78, 5) is 0. The molecule has 0 radical (unpaired) electrons. The number of hydrogen-bond acceptors (Lipinski definition) is 2. The molecule has 0 aliphatic carbocycles. The number of rotatable bonds is 3. The van der Waals surface area contributed by atoms with E-state index in [4.69, 9.17) is 21.8 Å². The number of halogens is 1. The van der Waals surface area contributed by atoms with Crippen molar-refractivity contribution in [3.63, 3.8) is 0 Å². The molecule has 0 spiro atoms. The van der Waals surface area contributed by atoms with Crippen LogP contribution in [0.3, 0.4) is 0 Å². The lowest BCUT2D eigenvalue weighted by Crippen LogP contribution is -2.12. The van der Waals surface area contributed by atoms with Crippen LogP contribution in [0.15, 0.2) is 59.0 Å². The molecule has 96 valence electrons. The van der Waals surface area contributed by atoms with E-state index in [1.807, 2.05) is 42.5 Å². The summed E-state index contributed by atoms with van der Waals surface area (Å²) in [5.74, 6) is 0.770. The Morgan fingerprint density at radius 1 is 1.05 bits per heavy atom. The van der Waals surface area contributed by atoms with Crippen LogP contribution >= 0.6 is 11.6 Å². The van der Waals surface area contributed by atoms with Gasteiger partial charge in [0.05, 0.1) is 11.1 Å². The molecule has 1 heterocycles. The minimum Gasteiger partial charge on any atom is -0.458 e. The van der Waals surface area contributed by atoms with Crippen LogP contribution in [-0.4, -0.2) is 0 Å². The summed E-state index contributed by atoms with van der Waals surface area (Å²) in [7, 11) is 0. The topological polar surface area (TPSA) is 39.2 Å². The summed E-state index contributed by atoms with van der Waals surface area (Å²) in [6.07, 6.45) is 0.748. The van der Waals surface area contributed by atoms with E-state index in [0.29, 0.717) is 10.6 Å². The second-order valence-corrected chi connectivity index (χ2v) is 5.01. The average Bonchev–Trinajstić information content (AvgIpc) is 2.85. The fourth-order valence-electron chi connectivity index (χ4n) is 2.20. The lowest BCUT2D eigenvalue weighted by Gasteiger charge is -2.08. The Labute approximate surface area is 116 Å². The maximum Gasteiger partial charge on any atom is 0.152 e. The Morgan fingerprint density at radius 2 is 1.84 bits per heavy atom. The molecule has 3 heteroatoms. The van der Waals surface area contributed by atoms with Crippen LogP contribution in [-0.2, 0) is 6.42 Å². The largest absolute Gasteiger partial charge is 0.458 e. The lowest BCUT2D eigenvalue weighted by molar-refractivity contribution is 0.494. The number of fused-ring (bicyclic) bond motifs is 1. The van der Waals surface area contributed by atoms with Crippen molar-refractivity contribution >= 4 is 22.6 Å². The molecule has 0 aliphatic heterocycles. The molecule has 0 saturated carbocycles. The van der Waals surface area contributed by atoms with Crippen LogP contribution in [0.1, 0.15) is 17.4 Å². The number of furan rings is 1. The summed E-state index contributed by atoms with van der Waals surface area (Å²) in [5.41, 5.74) is 8.11. The van der Waals surface area contributed by atoms with E-state index in [2.05, 4.69) is 12.1 Å². The Hall–Kier alpha value is -1.77. The third-order valence-electron chi connectivity index (χ3n) is 3.18. The van der Waals surface area contributed by atoms with Crippen molar-refractivity contribution in [2.75, 3.05) is 0 Å². The Morgan fingerprint density at radius 3 is 2.58 bits per heavy atom. The molecule has 19 heavy (non-hydrogen) atoms. The molecule has 1 atom stereocenters. The van der Waals surface area contributed by atoms with Crippen LogP contribution in [0.4, 0.5) is 0 Å². The number of nitrogens with two attached hydrogens (primary N) is 1. The summed E-state index contributed by atoms with van der Waals surface area (Å²) in [5, 5.41) is 1.61. The van der Waals surface area contributed by atoms with E-state index in [0.717, 1.165) is 17.6 Å². The number of benzene rings is 2. The van der Waals surface area contributed by atoms with Crippen molar-refractivity contribution in [3.8, 4) is 0 Å². The van der Waals surface area contributed by atoms with Crippen molar-refractivity contribution < 1.29 is 4.42 Å². The predicted molar refractivity (Wildman–Crippen MR) is 78.3 cm³/mol. The highest BCUT2D eigenvalue weighted by Crippen LogP contribution is 2.29. The van der Waals surface area contributed by atoms with Gasteiger partial charge >= 0.3 is 0 Å². The van der Waals surface area contributed by atoms with E-state index < -0.39 is 0 Å².